The zero-order valence-electron chi connectivity index (χ0n) is 8.52. The molecule has 1 atom stereocenters. The minimum absolute atomic E-state index is 0.353. The maximum atomic E-state index is 12.4. The second kappa shape index (κ2) is 4.31. The van der Waals surface area contributed by atoms with E-state index >= 15 is 0 Å². The van der Waals surface area contributed by atoms with E-state index in [-0.39, 0.29) is 0 Å². The molecule has 0 aliphatic rings. The normalized spacial score (nSPS) is 13.9. The summed E-state index contributed by atoms with van der Waals surface area (Å²) in [5.41, 5.74) is 6.48. The van der Waals surface area contributed by atoms with E-state index in [1.807, 2.05) is 0 Å². The Labute approximate surface area is 102 Å². The van der Waals surface area contributed by atoms with Gasteiger partial charge in [0.15, 0.2) is 5.01 Å². The number of aromatic nitrogens is 3. The van der Waals surface area contributed by atoms with Crippen molar-refractivity contribution in [1.29, 1.82) is 0 Å². The SMILES string of the molecule is Cc1nnsc1C(N)c1cnc(C(F)(F)F)s1. The van der Waals surface area contributed by atoms with Crippen molar-refractivity contribution in [3.63, 3.8) is 0 Å². The summed E-state index contributed by atoms with van der Waals surface area (Å²) < 4.78 is 40.8. The lowest BCUT2D eigenvalue weighted by Crippen LogP contribution is -2.09. The Kier molecular flexibility index (Phi) is 3.15. The topological polar surface area (TPSA) is 64.7 Å². The number of thiazole rings is 1. The zero-order chi connectivity index (χ0) is 12.6. The summed E-state index contributed by atoms with van der Waals surface area (Å²) in [4.78, 5) is 4.33. The molecular formula is C8H7F3N4S2. The molecule has 92 valence electrons. The average molecular weight is 280 g/mol. The van der Waals surface area contributed by atoms with Crippen LogP contribution in [0.3, 0.4) is 0 Å². The number of hydrogen-bond acceptors (Lipinski definition) is 6. The molecule has 4 nitrogen and oxygen atoms in total. The van der Waals surface area contributed by atoms with Gasteiger partial charge in [-0.1, -0.05) is 4.49 Å². The molecule has 0 radical (unpaired) electrons. The number of halogens is 3. The van der Waals surface area contributed by atoms with Crippen LogP contribution >= 0.6 is 22.9 Å². The molecule has 2 rings (SSSR count). The van der Waals surface area contributed by atoms with Gasteiger partial charge in [-0.25, -0.2) is 4.98 Å². The highest BCUT2D eigenvalue weighted by Gasteiger charge is 2.35. The van der Waals surface area contributed by atoms with Gasteiger partial charge in [0.1, 0.15) is 0 Å². The molecule has 0 fully saturated rings. The summed E-state index contributed by atoms with van der Waals surface area (Å²) in [7, 11) is 0. The first-order valence-corrected chi connectivity index (χ1v) is 6.06. The highest BCUT2D eigenvalue weighted by Crippen LogP contribution is 2.36. The number of nitrogens with zero attached hydrogens (tertiary/aromatic N) is 3. The van der Waals surface area contributed by atoms with E-state index in [1.54, 1.807) is 6.92 Å². The Morgan fingerprint density at radius 2 is 2.12 bits per heavy atom. The zero-order valence-corrected chi connectivity index (χ0v) is 10.2. The van der Waals surface area contributed by atoms with E-state index in [0.29, 0.717) is 26.8 Å². The van der Waals surface area contributed by atoms with Crippen LogP contribution < -0.4 is 5.73 Å². The van der Waals surface area contributed by atoms with Gasteiger partial charge >= 0.3 is 6.18 Å². The highest BCUT2D eigenvalue weighted by molar-refractivity contribution is 7.12. The molecule has 0 aromatic carbocycles. The van der Waals surface area contributed by atoms with Crippen molar-refractivity contribution in [3.8, 4) is 0 Å². The van der Waals surface area contributed by atoms with Crippen LogP contribution in [0.4, 0.5) is 13.2 Å². The second-order valence-electron chi connectivity index (χ2n) is 3.27. The molecule has 0 spiro atoms. The average Bonchev–Trinajstić information content (AvgIpc) is 2.83. The Morgan fingerprint density at radius 3 is 2.59 bits per heavy atom. The molecule has 0 saturated heterocycles. The molecule has 0 saturated carbocycles. The van der Waals surface area contributed by atoms with Gasteiger partial charge in [0.25, 0.3) is 0 Å². The first-order valence-electron chi connectivity index (χ1n) is 4.47. The summed E-state index contributed by atoms with van der Waals surface area (Å²) in [6.07, 6.45) is -3.28. The van der Waals surface area contributed by atoms with Gasteiger partial charge in [-0.05, 0) is 18.5 Å². The third kappa shape index (κ3) is 2.45. The van der Waals surface area contributed by atoms with Crippen LogP contribution in [0.15, 0.2) is 6.20 Å². The fourth-order valence-corrected chi connectivity index (χ4v) is 2.75. The summed E-state index contributed by atoms with van der Waals surface area (Å²) >= 11 is 1.63. The summed E-state index contributed by atoms with van der Waals surface area (Å²) in [5.74, 6) is 0. The molecule has 0 amide bonds. The van der Waals surface area contributed by atoms with Crippen LogP contribution in [0.5, 0.6) is 0 Å². The first-order chi connectivity index (χ1) is 7.89. The number of hydrogen-bond donors (Lipinski definition) is 1. The molecular weight excluding hydrogens is 273 g/mol. The predicted octanol–water partition coefficient (Wildman–Crippen LogP) is 2.37. The van der Waals surface area contributed by atoms with Crippen molar-refractivity contribution in [3.05, 3.63) is 26.7 Å². The maximum absolute atomic E-state index is 12.4. The largest absolute Gasteiger partial charge is 0.443 e. The van der Waals surface area contributed by atoms with Gasteiger partial charge < -0.3 is 5.73 Å². The van der Waals surface area contributed by atoms with Crippen LogP contribution in [0.2, 0.25) is 0 Å². The summed E-state index contributed by atoms with van der Waals surface area (Å²) in [5, 5.41) is 2.88. The molecule has 2 aromatic rings. The van der Waals surface area contributed by atoms with E-state index in [0.717, 1.165) is 17.7 Å². The molecule has 2 heterocycles. The lowest BCUT2D eigenvalue weighted by molar-refractivity contribution is -0.137. The third-order valence-electron chi connectivity index (χ3n) is 2.04. The van der Waals surface area contributed by atoms with Gasteiger partial charge in [0, 0.05) is 11.1 Å². The third-order valence-corrected chi connectivity index (χ3v) is 4.08. The van der Waals surface area contributed by atoms with Gasteiger partial charge in [0.2, 0.25) is 0 Å². The Balaban J connectivity index is 2.30. The molecule has 0 aliphatic carbocycles. The Bertz CT molecular complexity index is 519. The number of alkyl halides is 3. The quantitative estimate of drug-likeness (QED) is 0.917. The molecule has 9 heteroatoms. The van der Waals surface area contributed by atoms with Crippen LogP contribution in [0.1, 0.15) is 26.5 Å². The standard InChI is InChI=1S/C8H7F3N4S2/c1-3-6(17-15-14-3)5(12)4-2-13-7(16-4)8(9,10)11/h2,5H,12H2,1H3. The van der Waals surface area contributed by atoms with Crippen molar-refractivity contribution in [1.82, 2.24) is 14.6 Å². The highest BCUT2D eigenvalue weighted by atomic mass is 32.1. The number of nitrogens with two attached hydrogens (primary N) is 1. The van der Waals surface area contributed by atoms with E-state index in [1.165, 1.54) is 0 Å². The van der Waals surface area contributed by atoms with Crippen LogP contribution in [-0.4, -0.2) is 14.6 Å². The van der Waals surface area contributed by atoms with Gasteiger partial charge in [-0.2, -0.15) is 13.2 Å². The second-order valence-corrected chi connectivity index (χ2v) is 5.11. The van der Waals surface area contributed by atoms with Gasteiger partial charge in [0.05, 0.1) is 16.6 Å². The van der Waals surface area contributed by atoms with Gasteiger partial charge in [-0.15, -0.1) is 16.4 Å². The van der Waals surface area contributed by atoms with E-state index in [2.05, 4.69) is 14.6 Å². The van der Waals surface area contributed by atoms with Crippen molar-refractivity contribution in [2.24, 2.45) is 5.73 Å². The van der Waals surface area contributed by atoms with Crippen molar-refractivity contribution >= 4 is 22.9 Å². The number of aryl methyl sites for hydroxylation is 1. The lowest BCUT2D eigenvalue weighted by atomic mass is 10.2. The molecule has 0 aliphatic heterocycles. The van der Waals surface area contributed by atoms with E-state index in [9.17, 15) is 13.2 Å². The van der Waals surface area contributed by atoms with E-state index in [4.69, 9.17) is 5.73 Å². The predicted molar refractivity (Wildman–Crippen MR) is 57.8 cm³/mol. The first kappa shape index (κ1) is 12.4. The Hall–Kier alpha value is -1.06. The molecule has 17 heavy (non-hydrogen) atoms. The molecule has 1 unspecified atom stereocenters. The molecule has 2 aromatic heterocycles. The van der Waals surface area contributed by atoms with Crippen LogP contribution in [0.25, 0.3) is 0 Å². The Morgan fingerprint density at radius 1 is 1.41 bits per heavy atom. The molecule has 0 bridgehead atoms. The van der Waals surface area contributed by atoms with Crippen LogP contribution in [0, 0.1) is 6.92 Å². The lowest BCUT2D eigenvalue weighted by Gasteiger charge is -2.05. The maximum Gasteiger partial charge on any atom is 0.443 e. The number of rotatable bonds is 2. The smallest absolute Gasteiger partial charge is 0.319 e. The monoisotopic (exact) mass is 280 g/mol. The molecule has 2 N–H and O–H groups in total. The fraction of sp³-hybridized carbons (Fsp3) is 0.375. The fourth-order valence-electron chi connectivity index (χ4n) is 1.21. The van der Waals surface area contributed by atoms with E-state index < -0.39 is 17.2 Å². The van der Waals surface area contributed by atoms with Gasteiger partial charge in [-0.3, -0.25) is 0 Å². The minimum atomic E-state index is -4.43. The summed E-state index contributed by atoms with van der Waals surface area (Å²) in [6, 6.07) is -0.649. The van der Waals surface area contributed by atoms with Crippen LogP contribution in [-0.2, 0) is 6.18 Å². The minimum Gasteiger partial charge on any atom is -0.319 e. The van der Waals surface area contributed by atoms with Crippen molar-refractivity contribution in [2.75, 3.05) is 0 Å². The van der Waals surface area contributed by atoms with Crippen molar-refractivity contribution < 1.29 is 13.2 Å². The van der Waals surface area contributed by atoms with Crippen molar-refractivity contribution in [2.45, 2.75) is 19.1 Å². The summed E-state index contributed by atoms with van der Waals surface area (Å²) in [6.45, 7) is 1.71.